The average Bonchev–Trinajstić information content (AvgIpc) is 2.82. The number of nitrogens with zero attached hydrogens (tertiary/aromatic N) is 2. The van der Waals surface area contributed by atoms with Crippen LogP contribution in [0.5, 0.6) is 0 Å². The van der Waals surface area contributed by atoms with Crippen LogP contribution in [0.3, 0.4) is 0 Å². The number of carboxylic acid groups (broad SMARTS) is 1. The van der Waals surface area contributed by atoms with E-state index in [2.05, 4.69) is 22.4 Å². The summed E-state index contributed by atoms with van der Waals surface area (Å²) in [6, 6.07) is 17.0. The Kier molecular flexibility index (Phi) is 5.98. The van der Waals surface area contributed by atoms with E-state index in [-0.39, 0.29) is 17.4 Å². The Morgan fingerprint density at radius 2 is 1.97 bits per heavy atom. The van der Waals surface area contributed by atoms with Crippen molar-refractivity contribution in [2.75, 3.05) is 23.8 Å². The number of rotatable bonds is 6. The second kappa shape index (κ2) is 9.00. The van der Waals surface area contributed by atoms with E-state index in [1.54, 1.807) is 18.1 Å². The number of aryl methyl sites for hydroxylation is 1. The molecule has 0 spiro atoms. The number of pyridine rings is 1. The maximum Gasteiger partial charge on any atom is 0.337 e. The second-order valence-corrected chi connectivity index (χ2v) is 7.81. The number of amides is 1. The zero-order chi connectivity index (χ0) is 21.8. The Balaban J connectivity index is 1.51. The fourth-order valence-electron chi connectivity index (χ4n) is 4.17. The fraction of sp³-hybridized carbons (Fsp3) is 0.240. The Labute approximate surface area is 181 Å². The van der Waals surface area contributed by atoms with Crippen LogP contribution >= 0.6 is 0 Å². The molecule has 0 radical (unpaired) electrons. The standard InChI is InChI=1S/C25H25N3O3/c1-28(24(29)17-6-3-2-4-7-17)20-10-11-21-18(14-20)8-5-9-19(21)15-27-23-16-26-13-12-22(23)25(30)31/h2-4,6-7,10-14,16,19,27H,5,8-9,15H2,1H3,(H,30,31)/t19-/m0/s1. The summed E-state index contributed by atoms with van der Waals surface area (Å²) in [5, 5.41) is 12.6. The van der Waals surface area contributed by atoms with Crippen LogP contribution < -0.4 is 10.2 Å². The third kappa shape index (κ3) is 4.43. The van der Waals surface area contributed by atoms with Crippen molar-refractivity contribution in [3.8, 4) is 0 Å². The van der Waals surface area contributed by atoms with E-state index in [0.717, 1.165) is 24.9 Å². The average molecular weight is 415 g/mol. The number of hydrogen-bond donors (Lipinski definition) is 2. The molecule has 0 aliphatic heterocycles. The van der Waals surface area contributed by atoms with Gasteiger partial charge in [0.1, 0.15) is 0 Å². The van der Waals surface area contributed by atoms with E-state index in [0.29, 0.717) is 17.8 Å². The van der Waals surface area contributed by atoms with Crippen molar-refractivity contribution in [3.05, 3.63) is 89.2 Å². The molecule has 31 heavy (non-hydrogen) atoms. The Morgan fingerprint density at radius 3 is 2.74 bits per heavy atom. The zero-order valence-corrected chi connectivity index (χ0v) is 17.4. The first kappa shape index (κ1) is 20.6. The summed E-state index contributed by atoms with van der Waals surface area (Å²) >= 11 is 0. The van der Waals surface area contributed by atoms with Crippen molar-refractivity contribution in [3.63, 3.8) is 0 Å². The highest BCUT2D eigenvalue weighted by molar-refractivity contribution is 6.05. The van der Waals surface area contributed by atoms with Crippen molar-refractivity contribution in [1.82, 2.24) is 4.98 Å². The van der Waals surface area contributed by atoms with Crippen LogP contribution in [0.1, 0.15) is 50.6 Å². The monoisotopic (exact) mass is 415 g/mol. The number of carbonyl (C=O) groups is 2. The minimum absolute atomic E-state index is 0.0349. The number of carboxylic acids is 1. The van der Waals surface area contributed by atoms with E-state index in [1.165, 1.54) is 23.4 Å². The molecule has 6 nitrogen and oxygen atoms in total. The molecule has 1 aliphatic carbocycles. The second-order valence-electron chi connectivity index (χ2n) is 7.81. The quantitative estimate of drug-likeness (QED) is 0.615. The highest BCUT2D eigenvalue weighted by atomic mass is 16.4. The lowest BCUT2D eigenvalue weighted by molar-refractivity contribution is 0.0697. The van der Waals surface area contributed by atoms with Crippen molar-refractivity contribution in [2.24, 2.45) is 0 Å². The predicted octanol–water partition coefficient (Wildman–Crippen LogP) is 4.59. The Hall–Kier alpha value is -3.67. The summed E-state index contributed by atoms with van der Waals surface area (Å²) in [5.41, 5.74) is 4.79. The van der Waals surface area contributed by atoms with Gasteiger partial charge in [-0.05, 0) is 60.7 Å². The van der Waals surface area contributed by atoms with Gasteiger partial charge in [-0.2, -0.15) is 0 Å². The van der Waals surface area contributed by atoms with Gasteiger partial charge in [-0.1, -0.05) is 24.3 Å². The molecule has 2 N–H and O–H groups in total. The summed E-state index contributed by atoms with van der Waals surface area (Å²) in [6.07, 6.45) is 6.10. The molecule has 0 unspecified atom stereocenters. The van der Waals surface area contributed by atoms with Gasteiger partial charge in [0.2, 0.25) is 0 Å². The van der Waals surface area contributed by atoms with Crippen molar-refractivity contribution in [2.45, 2.75) is 25.2 Å². The van der Waals surface area contributed by atoms with E-state index in [4.69, 9.17) is 0 Å². The minimum Gasteiger partial charge on any atom is -0.478 e. The molecule has 1 aromatic heterocycles. The normalized spacial score (nSPS) is 15.1. The summed E-state index contributed by atoms with van der Waals surface area (Å²) < 4.78 is 0. The first-order valence-electron chi connectivity index (χ1n) is 10.4. The smallest absolute Gasteiger partial charge is 0.337 e. The summed E-state index contributed by atoms with van der Waals surface area (Å²) in [7, 11) is 1.80. The molecule has 2 aromatic carbocycles. The number of fused-ring (bicyclic) bond motifs is 1. The molecule has 1 atom stereocenters. The Bertz CT molecular complexity index is 1100. The van der Waals surface area contributed by atoms with Gasteiger partial charge in [-0.15, -0.1) is 0 Å². The SMILES string of the molecule is CN(C(=O)c1ccccc1)c1ccc2c(c1)CCC[C@H]2CNc1cnccc1C(=O)O. The first-order chi connectivity index (χ1) is 15.0. The molecule has 158 valence electrons. The summed E-state index contributed by atoms with van der Waals surface area (Å²) in [5.74, 6) is -0.730. The molecule has 0 bridgehead atoms. The van der Waals surface area contributed by atoms with Crippen molar-refractivity contribution >= 4 is 23.3 Å². The van der Waals surface area contributed by atoms with Crippen LogP contribution in [-0.2, 0) is 6.42 Å². The largest absolute Gasteiger partial charge is 0.478 e. The highest BCUT2D eigenvalue weighted by Crippen LogP contribution is 2.34. The zero-order valence-electron chi connectivity index (χ0n) is 17.4. The number of carbonyl (C=O) groups excluding carboxylic acids is 1. The molecule has 1 aliphatic rings. The molecular weight excluding hydrogens is 390 g/mol. The van der Waals surface area contributed by atoms with Crippen LogP contribution in [0.2, 0.25) is 0 Å². The number of nitrogens with one attached hydrogen (secondary N) is 1. The fourth-order valence-corrected chi connectivity index (χ4v) is 4.17. The van der Waals surface area contributed by atoms with Crippen molar-refractivity contribution < 1.29 is 14.7 Å². The van der Waals surface area contributed by atoms with E-state index in [1.807, 2.05) is 36.4 Å². The van der Waals surface area contributed by atoms with E-state index < -0.39 is 5.97 Å². The van der Waals surface area contributed by atoms with Crippen LogP contribution in [0.15, 0.2) is 67.0 Å². The Morgan fingerprint density at radius 1 is 1.16 bits per heavy atom. The molecular formula is C25H25N3O3. The van der Waals surface area contributed by atoms with Crippen molar-refractivity contribution in [1.29, 1.82) is 0 Å². The van der Waals surface area contributed by atoms with Gasteiger partial charge >= 0.3 is 5.97 Å². The molecule has 1 amide bonds. The minimum atomic E-state index is -0.968. The molecule has 4 rings (SSSR count). The topological polar surface area (TPSA) is 82.5 Å². The van der Waals surface area contributed by atoms with Gasteiger partial charge in [0.05, 0.1) is 17.4 Å². The molecule has 3 aromatic rings. The summed E-state index contributed by atoms with van der Waals surface area (Å²) in [4.78, 5) is 29.9. The van der Waals surface area contributed by atoms with Gasteiger partial charge in [0.25, 0.3) is 5.91 Å². The van der Waals surface area contributed by atoms with Crippen LogP contribution in [0.25, 0.3) is 0 Å². The van der Waals surface area contributed by atoms with Crippen LogP contribution in [-0.4, -0.2) is 35.6 Å². The lowest BCUT2D eigenvalue weighted by Crippen LogP contribution is -2.27. The molecule has 0 saturated carbocycles. The van der Waals surface area contributed by atoms with Gasteiger partial charge in [0.15, 0.2) is 0 Å². The third-order valence-corrected chi connectivity index (χ3v) is 5.87. The maximum absolute atomic E-state index is 12.8. The number of aromatic nitrogens is 1. The van der Waals surface area contributed by atoms with Crippen LogP contribution in [0, 0.1) is 0 Å². The molecule has 6 heteroatoms. The molecule has 1 heterocycles. The highest BCUT2D eigenvalue weighted by Gasteiger charge is 2.23. The van der Waals surface area contributed by atoms with Gasteiger partial charge < -0.3 is 15.3 Å². The molecule has 0 saturated heterocycles. The lowest BCUT2D eigenvalue weighted by Gasteiger charge is -2.28. The van der Waals surface area contributed by atoms with Gasteiger partial charge in [0, 0.05) is 37.0 Å². The van der Waals surface area contributed by atoms with Gasteiger partial charge in [-0.3, -0.25) is 9.78 Å². The first-order valence-corrected chi connectivity index (χ1v) is 10.4. The van der Waals surface area contributed by atoms with E-state index >= 15 is 0 Å². The maximum atomic E-state index is 12.8. The number of hydrogen-bond acceptors (Lipinski definition) is 4. The lowest BCUT2D eigenvalue weighted by atomic mass is 9.82. The van der Waals surface area contributed by atoms with Gasteiger partial charge in [-0.25, -0.2) is 4.79 Å². The van der Waals surface area contributed by atoms with Crippen LogP contribution in [0.4, 0.5) is 11.4 Å². The predicted molar refractivity (Wildman–Crippen MR) is 121 cm³/mol. The van der Waals surface area contributed by atoms with E-state index in [9.17, 15) is 14.7 Å². The summed E-state index contributed by atoms with van der Waals surface area (Å²) in [6.45, 7) is 0.636. The number of anilines is 2. The number of benzene rings is 2. The third-order valence-electron chi connectivity index (χ3n) is 5.87. The molecule has 0 fully saturated rings. The number of aromatic carboxylic acids is 1.